The van der Waals surface area contributed by atoms with E-state index >= 15 is 0 Å². The average Bonchev–Trinajstić information content (AvgIpc) is 2.69. The lowest BCUT2D eigenvalue weighted by atomic mass is 10.3. The molecule has 6 heteroatoms. The van der Waals surface area contributed by atoms with Crippen molar-refractivity contribution in [1.29, 1.82) is 0 Å². The number of hydrogen-bond donors (Lipinski definition) is 2. The molecule has 2 aromatic rings. The second kappa shape index (κ2) is 3.59. The second-order valence-corrected chi connectivity index (χ2v) is 3.56. The zero-order chi connectivity index (χ0) is 9.97. The first-order chi connectivity index (χ1) is 6.75. The molecule has 5 nitrogen and oxygen atoms in total. The number of carbonyl (C=O) groups is 1. The van der Waals surface area contributed by atoms with Crippen molar-refractivity contribution in [3.63, 3.8) is 0 Å². The maximum atomic E-state index is 10.4. The minimum Gasteiger partial charge on any atom is -0.481 e. The van der Waals surface area contributed by atoms with Crippen LogP contribution in [0.1, 0.15) is 5.69 Å². The Morgan fingerprint density at radius 3 is 3.14 bits per heavy atom. The summed E-state index contributed by atoms with van der Waals surface area (Å²) in [6.07, 6.45) is 3.35. The number of hydrogen-bond acceptors (Lipinski definition) is 4. The zero-order valence-corrected chi connectivity index (χ0v) is 7.91. The number of H-pyrrole nitrogens is 1. The highest BCUT2D eigenvalue weighted by atomic mass is 32.1. The number of nitrogens with zero attached hydrogens (tertiary/aromatic N) is 2. The molecule has 0 amide bonds. The first kappa shape index (κ1) is 8.89. The van der Waals surface area contributed by atoms with Gasteiger partial charge in [-0.1, -0.05) is 0 Å². The van der Waals surface area contributed by atoms with Gasteiger partial charge in [0.2, 0.25) is 0 Å². The van der Waals surface area contributed by atoms with Gasteiger partial charge >= 0.3 is 5.97 Å². The Balaban J connectivity index is 2.22. The van der Waals surface area contributed by atoms with Gasteiger partial charge < -0.3 is 5.11 Å². The molecule has 0 radical (unpaired) electrons. The van der Waals surface area contributed by atoms with Crippen LogP contribution in [0.3, 0.4) is 0 Å². The largest absolute Gasteiger partial charge is 0.481 e. The van der Waals surface area contributed by atoms with Crippen molar-refractivity contribution in [3.8, 4) is 10.6 Å². The van der Waals surface area contributed by atoms with Crippen LogP contribution in [0, 0.1) is 0 Å². The summed E-state index contributed by atoms with van der Waals surface area (Å²) in [7, 11) is 0. The summed E-state index contributed by atoms with van der Waals surface area (Å²) in [6, 6.07) is 0. The number of aromatic nitrogens is 3. The van der Waals surface area contributed by atoms with Gasteiger partial charge in [0.15, 0.2) is 0 Å². The molecule has 0 fully saturated rings. The monoisotopic (exact) mass is 209 g/mol. The molecule has 0 atom stereocenters. The van der Waals surface area contributed by atoms with Crippen LogP contribution in [-0.4, -0.2) is 26.3 Å². The molecule has 72 valence electrons. The van der Waals surface area contributed by atoms with Crippen LogP contribution in [0.2, 0.25) is 0 Å². The predicted molar refractivity (Wildman–Crippen MR) is 51.0 cm³/mol. The Kier molecular flexibility index (Phi) is 2.28. The van der Waals surface area contributed by atoms with Crippen molar-refractivity contribution in [3.05, 3.63) is 23.5 Å². The number of carboxylic acid groups (broad SMARTS) is 1. The van der Waals surface area contributed by atoms with Crippen molar-refractivity contribution in [2.45, 2.75) is 6.42 Å². The van der Waals surface area contributed by atoms with E-state index < -0.39 is 5.97 Å². The molecular weight excluding hydrogens is 202 g/mol. The van der Waals surface area contributed by atoms with Crippen LogP contribution < -0.4 is 0 Å². The topological polar surface area (TPSA) is 78.9 Å². The van der Waals surface area contributed by atoms with Gasteiger partial charge in [-0.05, 0) is 0 Å². The number of aromatic amines is 1. The number of carboxylic acids is 1. The highest BCUT2D eigenvalue weighted by Crippen LogP contribution is 2.22. The molecule has 2 N–H and O–H groups in total. The van der Waals surface area contributed by atoms with Crippen molar-refractivity contribution in [1.82, 2.24) is 15.2 Å². The van der Waals surface area contributed by atoms with E-state index in [1.54, 1.807) is 17.8 Å². The van der Waals surface area contributed by atoms with E-state index in [2.05, 4.69) is 15.2 Å². The van der Waals surface area contributed by atoms with Crippen LogP contribution >= 0.6 is 11.3 Å². The summed E-state index contributed by atoms with van der Waals surface area (Å²) < 4.78 is 0. The van der Waals surface area contributed by atoms with Crippen LogP contribution in [-0.2, 0) is 11.2 Å². The van der Waals surface area contributed by atoms with Gasteiger partial charge in [-0.2, -0.15) is 5.10 Å². The smallest absolute Gasteiger partial charge is 0.309 e. The van der Waals surface area contributed by atoms with E-state index in [-0.39, 0.29) is 6.42 Å². The lowest BCUT2D eigenvalue weighted by Crippen LogP contribution is -1.99. The van der Waals surface area contributed by atoms with E-state index in [4.69, 9.17) is 5.11 Å². The number of rotatable bonds is 3. The SMILES string of the molecule is O=C(O)Cc1csc(-c2cn[nH]c2)n1. The Bertz CT molecular complexity index is 435. The van der Waals surface area contributed by atoms with E-state index in [1.165, 1.54) is 11.3 Å². The van der Waals surface area contributed by atoms with Gasteiger partial charge in [0.1, 0.15) is 5.01 Å². The van der Waals surface area contributed by atoms with Gasteiger partial charge in [0.25, 0.3) is 0 Å². The lowest BCUT2D eigenvalue weighted by Gasteiger charge is -1.87. The lowest BCUT2D eigenvalue weighted by molar-refractivity contribution is -0.136. The summed E-state index contributed by atoms with van der Waals surface area (Å²) in [5, 5.41) is 17.6. The van der Waals surface area contributed by atoms with E-state index in [0.29, 0.717) is 5.69 Å². The molecular formula is C8H7N3O2S. The summed E-state index contributed by atoms with van der Waals surface area (Å²) in [5.74, 6) is -0.867. The quantitative estimate of drug-likeness (QED) is 0.795. The van der Waals surface area contributed by atoms with Gasteiger partial charge in [-0.25, -0.2) is 4.98 Å². The van der Waals surface area contributed by atoms with Crippen molar-refractivity contribution >= 4 is 17.3 Å². The van der Waals surface area contributed by atoms with Crippen molar-refractivity contribution in [2.24, 2.45) is 0 Å². The third-order valence-corrected chi connectivity index (χ3v) is 2.57. The summed E-state index contributed by atoms with van der Waals surface area (Å²) in [5.41, 5.74) is 1.46. The normalized spacial score (nSPS) is 10.3. The Hall–Kier alpha value is -1.69. The molecule has 0 aliphatic rings. The molecule has 2 aromatic heterocycles. The molecule has 0 saturated carbocycles. The number of thiazole rings is 1. The Morgan fingerprint density at radius 1 is 1.64 bits per heavy atom. The molecule has 2 heterocycles. The Labute approximate surface area is 83.4 Å². The first-order valence-corrected chi connectivity index (χ1v) is 4.79. The Morgan fingerprint density at radius 2 is 2.50 bits per heavy atom. The number of aliphatic carboxylic acids is 1. The third-order valence-electron chi connectivity index (χ3n) is 1.63. The maximum Gasteiger partial charge on any atom is 0.309 e. The van der Waals surface area contributed by atoms with Gasteiger partial charge in [-0.3, -0.25) is 9.89 Å². The van der Waals surface area contributed by atoms with Gasteiger partial charge in [0.05, 0.1) is 18.3 Å². The minimum atomic E-state index is -0.867. The highest BCUT2D eigenvalue weighted by molar-refractivity contribution is 7.13. The molecule has 0 saturated heterocycles. The summed E-state index contributed by atoms with van der Waals surface area (Å²) >= 11 is 1.41. The fraction of sp³-hybridized carbons (Fsp3) is 0.125. The van der Waals surface area contributed by atoms with Gasteiger partial charge in [0, 0.05) is 17.1 Å². The number of nitrogens with one attached hydrogen (secondary N) is 1. The van der Waals surface area contributed by atoms with Gasteiger partial charge in [-0.15, -0.1) is 11.3 Å². The van der Waals surface area contributed by atoms with Crippen LogP contribution in [0.15, 0.2) is 17.8 Å². The average molecular weight is 209 g/mol. The van der Waals surface area contributed by atoms with E-state index in [0.717, 1.165) is 10.6 Å². The molecule has 0 spiro atoms. The maximum absolute atomic E-state index is 10.4. The molecule has 0 aliphatic carbocycles. The second-order valence-electron chi connectivity index (χ2n) is 2.70. The fourth-order valence-corrected chi connectivity index (χ4v) is 1.84. The zero-order valence-electron chi connectivity index (χ0n) is 7.10. The molecule has 0 aromatic carbocycles. The molecule has 14 heavy (non-hydrogen) atoms. The first-order valence-electron chi connectivity index (χ1n) is 3.91. The van der Waals surface area contributed by atoms with Crippen LogP contribution in [0.5, 0.6) is 0 Å². The summed E-state index contributed by atoms with van der Waals surface area (Å²) in [4.78, 5) is 14.6. The van der Waals surface area contributed by atoms with Crippen molar-refractivity contribution in [2.75, 3.05) is 0 Å². The molecule has 0 aliphatic heterocycles. The van der Waals surface area contributed by atoms with Crippen LogP contribution in [0.25, 0.3) is 10.6 Å². The summed E-state index contributed by atoms with van der Waals surface area (Å²) in [6.45, 7) is 0. The molecule has 2 rings (SSSR count). The standard InChI is InChI=1S/C8H7N3O2S/c12-7(13)1-6-4-14-8(11-6)5-2-9-10-3-5/h2-4H,1H2,(H,9,10)(H,12,13). The predicted octanol–water partition coefficient (Wildman–Crippen LogP) is 1.16. The fourth-order valence-electron chi connectivity index (χ4n) is 1.04. The highest BCUT2D eigenvalue weighted by Gasteiger charge is 2.07. The van der Waals surface area contributed by atoms with E-state index in [1.807, 2.05) is 0 Å². The molecule has 0 unspecified atom stereocenters. The minimum absolute atomic E-state index is 0.0334. The third kappa shape index (κ3) is 1.80. The van der Waals surface area contributed by atoms with E-state index in [9.17, 15) is 4.79 Å². The molecule has 0 bridgehead atoms. The van der Waals surface area contributed by atoms with Crippen molar-refractivity contribution < 1.29 is 9.90 Å². The van der Waals surface area contributed by atoms with Crippen LogP contribution in [0.4, 0.5) is 0 Å².